The van der Waals surface area contributed by atoms with Crippen molar-refractivity contribution in [1.82, 2.24) is 14.7 Å². The van der Waals surface area contributed by atoms with Gasteiger partial charge in [0.25, 0.3) is 5.91 Å². The summed E-state index contributed by atoms with van der Waals surface area (Å²) >= 11 is 0. The number of rotatable bonds is 2. The molecule has 1 aromatic heterocycles. The molecule has 0 N–H and O–H groups in total. The molecule has 0 unspecified atom stereocenters. The number of carbonyl (C=O) groups excluding carboxylic acids is 2. The van der Waals surface area contributed by atoms with Crippen molar-refractivity contribution in [2.75, 3.05) is 39.8 Å². The minimum atomic E-state index is -0.0925. The maximum Gasteiger partial charge on any atom is 0.289 e. The SMILES string of the molecule is CN1CCC[C@H]1C(=O)N1CCN(C(=O)c2ccco2)CC1. The Bertz CT molecular complexity index is 506. The number of nitrogens with zero attached hydrogens (tertiary/aromatic N) is 3. The van der Waals surface area contributed by atoms with Gasteiger partial charge in [-0.15, -0.1) is 0 Å². The molecule has 1 aromatic rings. The molecule has 6 heteroatoms. The van der Waals surface area contributed by atoms with Crippen molar-refractivity contribution in [1.29, 1.82) is 0 Å². The van der Waals surface area contributed by atoms with Crippen LogP contribution in [0.4, 0.5) is 0 Å². The third-order valence-corrected chi connectivity index (χ3v) is 4.42. The molecular weight excluding hydrogens is 270 g/mol. The van der Waals surface area contributed by atoms with Crippen molar-refractivity contribution in [2.24, 2.45) is 0 Å². The molecule has 21 heavy (non-hydrogen) atoms. The van der Waals surface area contributed by atoms with Gasteiger partial charge in [-0.1, -0.05) is 0 Å². The Morgan fingerprint density at radius 2 is 1.86 bits per heavy atom. The van der Waals surface area contributed by atoms with Crippen LogP contribution in [-0.2, 0) is 4.79 Å². The van der Waals surface area contributed by atoms with Gasteiger partial charge < -0.3 is 14.2 Å². The van der Waals surface area contributed by atoms with Crippen LogP contribution in [0, 0.1) is 0 Å². The monoisotopic (exact) mass is 291 g/mol. The Morgan fingerprint density at radius 1 is 1.14 bits per heavy atom. The van der Waals surface area contributed by atoms with E-state index in [2.05, 4.69) is 4.90 Å². The van der Waals surface area contributed by atoms with E-state index < -0.39 is 0 Å². The fourth-order valence-electron chi connectivity index (χ4n) is 3.12. The number of likely N-dealkylation sites (tertiary alicyclic amines) is 1. The molecule has 0 radical (unpaired) electrons. The maximum absolute atomic E-state index is 12.5. The van der Waals surface area contributed by atoms with Crippen molar-refractivity contribution < 1.29 is 14.0 Å². The van der Waals surface area contributed by atoms with E-state index in [0.29, 0.717) is 31.9 Å². The summed E-state index contributed by atoms with van der Waals surface area (Å²) < 4.78 is 5.14. The molecule has 2 aliphatic heterocycles. The molecule has 0 spiro atoms. The molecule has 0 bridgehead atoms. The van der Waals surface area contributed by atoms with Crippen molar-refractivity contribution in [3.05, 3.63) is 24.2 Å². The highest BCUT2D eigenvalue weighted by Gasteiger charge is 2.33. The Balaban J connectivity index is 1.55. The lowest BCUT2D eigenvalue weighted by molar-refractivity contribution is -0.137. The fraction of sp³-hybridized carbons (Fsp3) is 0.600. The summed E-state index contributed by atoms with van der Waals surface area (Å²) in [5.74, 6) is 0.482. The molecule has 3 heterocycles. The van der Waals surface area contributed by atoms with Gasteiger partial charge in [-0.3, -0.25) is 14.5 Å². The highest BCUT2D eigenvalue weighted by atomic mass is 16.3. The van der Waals surface area contributed by atoms with Gasteiger partial charge in [0.05, 0.1) is 12.3 Å². The number of hydrogen-bond acceptors (Lipinski definition) is 4. The zero-order valence-electron chi connectivity index (χ0n) is 12.3. The standard InChI is InChI=1S/C15H21N3O3/c1-16-6-2-4-12(16)14(19)17-7-9-18(10-8-17)15(20)13-5-3-11-21-13/h3,5,11-12H,2,4,6-10H2,1H3/t12-/m0/s1. The topological polar surface area (TPSA) is 57.0 Å². The largest absolute Gasteiger partial charge is 0.459 e. The second-order valence-corrected chi connectivity index (χ2v) is 5.73. The van der Waals surface area contributed by atoms with Gasteiger partial charge >= 0.3 is 0 Å². The molecule has 1 atom stereocenters. The molecule has 6 nitrogen and oxygen atoms in total. The van der Waals surface area contributed by atoms with E-state index in [4.69, 9.17) is 4.42 Å². The maximum atomic E-state index is 12.5. The van der Waals surface area contributed by atoms with E-state index in [0.717, 1.165) is 19.4 Å². The highest BCUT2D eigenvalue weighted by molar-refractivity contribution is 5.91. The van der Waals surface area contributed by atoms with E-state index in [-0.39, 0.29) is 17.9 Å². The Kier molecular flexibility index (Phi) is 3.96. The Hall–Kier alpha value is -1.82. The average Bonchev–Trinajstić information content (AvgIpc) is 3.17. The third kappa shape index (κ3) is 2.81. The molecule has 0 aliphatic carbocycles. The molecule has 2 aliphatic rings. The predicted molar refractivity (Wildman–Crippen MR) is 76.8 cm³/mol. The van der Waals surface area contributed by atoms with Crippen LogP contribution >= 0.6 is 0 Å². The number of likely N-dealkylation sites (N-methyl/N-ethyl adjacent to an activating group) is 1. The van der Waals surface area contributed by atoms with Crippen LogP contribution in [0.25, 0.3) is 0 Å². The van der Waals surface area contributed by atoms with Gasteiger partial charge in [0.15, 0.2) is 5.76 Å². The average molecular weight is 291 g/mol. The Labute approximate surface area is 124 Å². The molecule has 0 saturated carbocycles. The summed E-state index contributed by atoms with van der Waals surface area (Å²) in [6, 6.07) is 3.41. The van der Waals surface area contributed by atoms with Crippen LogP contribution in [0.2, 0.25) is 0 Å². The fourth-order valence-corrected chi connectivity index (χ4v) is 3.12. The number of amides is 2. The van der Waals surface area contributed by atoms with E-state index in [1.807, 2.05) is 11.9 Å². The van der Waals surface area contributed by atoms with E-state index in [1.165, 1.54) is 6.26 Å². The van der Waals surface area contributed by atoms with Gasteiger partial charge in [-0.05, 0) is 38.6 Å². The van der Waals surface area contributed by atoms with E-state index >= 15 is 0 Å². The molecule has 2 amide bonds. The predicted octanol–water partition coefficient (Wildman–Crippen LogP) is 0.658. The van der Waals surface area contributed by atoms with Gasteiger partial charge in [-0.25, -0.2) is 0 Å². The smallest absolute Gasteiger partial charge is 0.289 e. The van der Waals surface area contributed by atoms with Crippen molar-refractivity contribution >= 4 is 11.8 Å². The summed E-state index contributed by atoms with van der Waals surface area (Å²) in [6.07, 6.45) is 3.54. The van der Waals surface area contributed by atoms with E-state index in [9.17, 15) is 9.59 Å². The van der Waals surface area contributed by atoms with Gasteiger partial charge in [0.2, 0.25) is 5.91 Å². The second kappa shape index (κ2) is 5.89. The normalized spacial score (nSPS) is 23.6. The summed E-state index contributed by atoms with van der Waals surface area (Å²) in [5.41, 5.74) is 0. The number of piperazine rings is 1. The van der Waals surface area contributed by atoms with E-state index in [1.54, 1.807) is 17.0 Å². The Morgan fingerprint density at radius 3 is 2.43 bits per heavy atom. The van der Waals surface area contributed by atoms with Crippen LogP contribution in [-0.4, -0.2) is 72.3 Å². The summed E-state index contributed by atoms with van der Waals surface area (Å²) in [5, 5.41) is 0. The first-order valence-electron chi connectivity index (χ1n) is 7.48. The molecule has 3 rings (SSSR count). The first-order chi connectivity index (χ1) is 10.2. The second-order valence-electron chi connectivity index (χ2n) is 5.73. The van der Waals surface area contributed by atoms with Crippen molar-refractivity contribution in [3.63, 3.8) is 0 Å². The summed E-state index contributed by atoms with van der Waals surface area (Å²) in [7, 11) is 2.01. The minimum absolute atomic E-state index is 0.0253. The van der Waals surface area contributed by atoms with Gasteiger partial charge in [0.1, 0.15) is 0 Å². The lowest BCUT2D eigenvalue weighted by Crippen LogP contribution is -2.54. The minimum Gasteiger partial charge on any atom is -0.459 e. The van der Waals surface area contributed by atoms with Crippen molar-refractivity contribution in [2.45, 2.75) is 18.9 Å². The summed E-state index contributed by atoms with van der Waals surface area (Å²) in [4.78, 5) is 30.4. The lowest BCUT2D eigenvalue weighted by Gasteiger charge is -2.36. The molecule has 2 saturated heterocycles. The van der Waals surface area contributed by atoms with Crippen LogP contribution < -0.4 is 0 Å². The summed E-state index contributed by atoms with van der Waals surface area (Å²) in [6.45, 7) is 3.35. The zero-order chi connectivity index (χ0) is 14.8. The molecular formula is C15H21N3O3. The van der Waals surface area contributed by atoms with Crippen LogP contribution in [0.5, 0.6) is 0 Å². The third-order valence-electron chi connectivity index (χ3n) is 4.42. The zero-order valence-corrected chi connectivity index (χ0v) is 12.3. The molecule has 2 fully saturated rings. The van der Waals surface area contributed by atoms with Crippen LogP contribution in [0.15, 0.2) is 22.8 Å². The van der Waals surface area contributed by atoms with Gasteiger partial charge in [0, 0.05) is 26.2 Å². The van der Waals surface area contributed by atoms with Crippen LogP contribution in [0.3, 0.4) is 0 Å². The quantitative estimate of drug-likeness (QED) is 0.803. The first-order valence-corrected chi connectivity index (χ1v) is 7.48. The molecule has 0 aromatic carbocycles. The number of carbonyl (C=O) groups is 2. The lowest BCUT2D eigenvalue weighted by atomic mass is 10.1. The molecule has 114 valence electrons. The number of furan rings is 1. The van der Waals surface area contributed by atoms with Gasteiger partial charge in [-0.2, -0.15) is 0 Å². The highest BCUT2D eigenvalue weighted by Crippen LogP contribution is 2.18. The van der Waals surface area contributed by atoms with Crippen molar-refractivity contribution in [3.8, 4) is 0 Å². The first kappa shape index (κ1) is 14.1. The number of hydrogen-bond donors (Lipinski definition) is 0. The van der Waals surface area contributed by atoms with Crippen LogP contribution in [0.1, 0.15) is 23.4 Å².